The van der Waals surface area contributed by atoms with Crippen molar-refractivity contribution in [3.05, 3.63) is 64.8 Å². The van der Waals surface area contributed by atoms with Crippen LogP contribution in [0.2, 0.25) is 0 Å². The van der Waals surface area contributed by atoms with E-state index >= 15 is 0 Å². The molecule has 0 aliphatic carbocycles. The summed E-state index contributed by atoms with van der Waals surface area (Å²) in [6, 6.07) is 13.9. The van der Waals surface area contributed by atoms with Gasteiger partial charge in [-0.15, -0.1) is 10.2 Å². The molecular formula is C22H23N7OS. The van der Waals surface area contributed by atoms with Gasteiger partial charge in [0.25, 0.3) is 0 Å². The highest BCUT2D eigenvalue weighted by Gasteiger charge is 2.33. The average molecular weight is 434 g/mol. The molecule has 1 aliphatic heterocycles. The summed E-state index contributed by atoms with van der Waals surface area (Å²) in [5.41, 5.74) is 2.92. The van der Waals surface area contributed by atoms with Crippen LogP contribution in [-0.2, 0) is 11.3 Å². The van der Waals surface area contributed by atoms with E-state index < -0.39 is 0 Å². The van der Waals surface area contributed by atoms with Crippen molar-refractivity contribution in [1.82, 2.24) is 34.3 Å². The van der Waals surface area contributed by atoms with Gasteiger partial charge in [-0.1, -0.05) is 29.8 Å². The molecule has 0 saturated carbocycles. The van der Waals surface area contributed by atoms with E-state index in [1.807, 2.05) is 63.4 Å². The van der Waals surface area contributed by atoms with Crippen molar-refractivity contribution in [2.24, 2.45) is 0 Å². The summed E-state index contributed by atoms with van der Waals surface area (Å²) in [7, 11) is 0. The van der Waals surface area contributed by atoms with E-state index in [9.17, 15) is 4.79 Å². The van der Waals surface area contributed by atoms with Gasteiger partial charge in [0.2, 0.25) is 5.91 Å². The van der Waals surface area contributed by atoms with Crippen molar-refractivity contribution in [3.63, 3.8) is 0 Å². The molecule has 9 heteroatoms. The summed E-state index contributed by atoms with van der Waals surface area (Å²) >= 11 is 5.43. The minimum absolute atomic E-state index is 0.0570. The number of likely N-dealkylation sites (tertiary alicyclic amines) is 1. The predicted molar refractivity (Wildman–Crippen MR) is 119 cm³/mol. The smallest absolute Gasteiger partial charge is 0.224 e. The van der Waals surface area contributed by atoms with Crippen LogP contribution in [0.5, 0.6) is 0 Å². The molecule has 3 aromatic heterocycles. The van der Waals surface area contributed by atoms with Crippen LogP contribution in [0.4, 0.5) is 0 Å². The van der Waals surface area contributed by atoms with Gasteiger partial charge in [0.1, 0.15) is 0 Å². The Morgan fingerprint density at radius 3 is 3.00 bits per heavy atom. The third-order valence-corrected chi connectivity index (χ3v) is 6.11. The number of carbonyl (C=O) groups excluding carboxylic acids is 1. The molecule has 0 spiro atoms. The van der Waals surface area contributed by atoms with Crippen LogP contribution in [0.1, 0.15) is 36.7 Å². The van der Waals surface area contributed by atoms with Crippen molar-refractivity contribution in [2.45, 2.75) is 38.8 Å². The van der Waals surface area contributed by atoms with Crippen LogP contribution in [0.15, 0.2) is 48.7 Å². The lowest BCUT2D eigenvalue weighted by Gasteiger charge is -2.23. The van der Waals surface area contributed by atoms with Gasteiger partial charge in [-0.3, -0.25) is 18.9 Å². The van der Waals surface area contributed by atoms with E-state index in [0.29, 0.717) is 17.7 Å². The zero-order valence-electron chi connectivity index (χ0n) is 17.2. The van der Waals surface area contributed by atoms with Crippen molar-refractivity contribution < 1.29 is 4.79 Å². The second-order valence-electron chi connectivity index (χ2n) is 7.86. The Morgan fingerprint density at radius 2 is 2.13 bits per heavy atom. The molecule has 5 rings (SSSR count). The largest absolute Gasteiger partial charge is 0.332 e. The number of fused-ring (bicyclic) bond motifs is 1. The number of hydrogen-bond donors (Lipinski definition) is 1. The number of H-pyrrole nitrogens is 1. The quantitative estimate of drug-likeness (QED) is 0.485. The van der Waals surface area contributed by atoms with E-state index in [0.717, 1.165) is 47.8 Å². The fourth-order valence-electron chi connectivity index (χ4n) is 4.30. The van der Waals surface area contributed by atoms with E-state index in [1.165, 1.54) is 0 Å². The van der Waals surface area contributed by atoms with Crippen LogP contribution >= 0.6 is 12.2 Å². The summed E-state index contributed by atoms with van der Waals surface area (Å²) < 4.78 is 4.39. The normalized spacial score (nSPS) is 16.3. The Hall–Kier alpha value is -3.33. The van der Waals surface area contributed by atoms with Crippen molar-refractivity contribution in [1.29, 1.82) is 0 Å². The van der Waals surface area contributed by atoms with Crippen molar-refractivity contribution >= 4 is 23.8 Å². The van der Waals surface area contributed by atoms with E-state index in [1.54, 1.807) is 0 Å². The predicted octanol–water partition coefficient (Wildman–Crippen LogP) is 3.71. The summed E-state index contributed by atoms with van der Waals surface area (Å²) in [5, 5.41) is 15.9. The lowest BCUT2D eigenvalue weighted by Crippen LogP contribution is -2.32. The first-order chi connectivity index (χ1) is 15.1. The van der Waals surface area contributed by atoms with E-state index in [2.05, 4.69) is 26.5 Å². The zero-order valence-corrected chi connectivity index (χ0v) is 18.0. The SMILES string of the molecule is Cc1cccc(-c2n[nH]c(=S)n2CCC(=O)N2CCCC2c2nnc3ccccn23)c1. The second kappa shape index (κ2) is 8.07. The van der Waals surface area contributed by atoms with Gasteiger partial charge in [-0.25, -0.2) is 0 Å². The summed E-state index contributed by atoms with van der Waals surface area (Å²) in [4.78, 5) is 15.1. The van der Waals surface area contributed by atoms with Gasteiger partial charge in [0, 0.05) is 31.3 Å². The number of pyridine rings is 1. The molecular weight excluding hydrogens is 410 g/mol. The molecule has 8 nitrogen and oxygen atoms in total. The average Bonchev–Trinajstić information content (AvgIpc) is 3.50. The molecule has 1 aliphatic rings. The number of aryl methyl sites for hydroxylation is 1. The lowest BCUT2D eigenvalue weighted by molar-refractivity contribution is -0.132. The fraction of sp³-hybridized carbons (Fsp3) is 0.318. The highest BCUT2D eigenvalue weighted by atomic mass is 32.1. The Labute approximate surface area is 184 Å². The van der Waals surface area contributed by atoms with Gasteiger partial charge in [-0.2, -0.15) is 5.10 Å². The number of amides is 1. The molecule has 1 aromatic carbocycles. The number of nitrogens with one attached hydrogen (secondary N) is 1. The number of aromatic nitrogens is 6. The number of carbonyl (C=O) groups is 1. The van der Waals surface area contributed by atoms with Crippen LogP contribution in [0, 0.1) is 11.7 Å². The van der Waals surface area contributed by atoms with Crippen LogP contribution in [-0.4, -0.2) is 46.7 Å². The second-order valence-corrected chi connectivity index (χ2v) is 8.24. The highest BCUT2D eigenvalue weighted by molar-refractivity contribution is 7.71. The Bertz CT molecular complexity index is 1300. The number of benzene rings is 1. The molecule has 1 amide bonds. The molecule has 1 unspecified atom stereocenters. The number of hydrogen-bond acceptors (Lipinski definition) is 5. The Kier molecular flexibility index (Phi) is 5.11. The summed E-state index contributed by atoms with van der Waals surface area (Å²) in [6.07, 6.45) is 4.14. The third-order valence-electron chi connectivity index (χ3n) is 5.80. The minimum atomic E-state index is -0.0570. The lowest BCUT2D eigenvalue weighted by atomic mass is 10.1. The first kappa shape index (κ1) is 19.6. The molecule has 4 heterocycles. The molecule has 4 aromatic rings. The minimum Gasteiger partial charge on any atom is -0.332 e. The Balaban J connectivity index is 1.35. The van der Waals surface area contributed by atoms with E-state index in [4.69, 9.17) is 12.2 Å². The summed E-state index contributed by atoms with van der Waals surface area (Å²) in [6.45, 7) is 3.24. The third kappa shape index (κ3) is 3.65. The topological polar surface area (TPSA) is 84.1 Å². The summed E-state index contributed by atoms with van der Waals surface area (Å²) in [5.74, 6) is 1.67. The zero-order chi connectivity index (χ0) is 21.4. The maximum Gasteiger partial charge on any atom is 0.224 e. The van der Waals surface area contributed by atoms with Gasteiger partial charge in [-0.05, 0) is 50.2 Å². The number of nitrogens with zero attached hydrogens (tertiary/aromatic N) is 6. The van der Waals surface area contributed by atoms with Gasteiger partial charge < -0.3 is 4.90 Å². The number of aromatic amines is 1. The van der Waals surface area contributed by atoms with Crippen LogP contribution in [0.25, 0.3) is 17.0 Å². The highest BCUT2D eigenvalue weighted by Crippen LogP contribution is 2.31. The van der Waals surface area contributed by atoms with Gasteiger partial charge in [0.15, 0.2) is 22.1 Å². The molecule has 0 radical (unpaired) electrons. The fourth-order valence-corrected chi connectivity index (χ4v) is 4.52. The molecule has 31 heavy (non-hydrogen) atoms. The van der Waals surface area contributed by atoms with Crippen LogP contribution in [0.3, 0.4) is 0 Å². The van der Waals surface area contributed by atoms with Crippen LogP contribution < -0.4 is 0 Å². The van der Waals surface area contributed by atoms with Crippen molar-refractivity contribution in [3.8, 4) is 11.4 Å². The first-order valence-electron chi connectivity index (χ1n) is 10.4. The van der Waals surface area contributed by atoms with Crippen molar-refractivity contribution in [2.75, 3.05) is 6.54 Å². The standard InChI is InChI=1S/C22H23N7OS/c1-15-6-4-7-16(14-15)20-24-26-22(31)29(20)13-10-19(30)27-12-5-8-17(27)21-25-23-18-9-2-3-11-28(18)21/h2-4,6-7,9,11,14,17H,5,8,10,12-13H2,1H3,(H,26,31). The van der Waals surface area contributed by atoms with Gasteiger partial charge in [0.05, 0.1) is 6.04 Å². The molecule has 1 saturated heterocycles. The molecule has 0 bridgehead atoms. The maximum absolute atomic E-state index is 13.2. The number of rotatable bonds is 5. The molecule has 158 valence electrons. The molecule has 1 fully saturated rings. The first-order valence-corrected chi connectivity index (χ1v) is 10.8. The van der Waals surface area contributed by atoms with E-state index in [-0.39, 0.29) is 11.9 Å². The molecule has 1 atom stereocenters. The van der Waals surface area contributed by atoms with Gasteiger partial charge >= 0.3 is 0 Å². The maximum atomic E-state index is 13.2. The molecule has 1 N–H and O–H groups in total. The Morgan fingerprint density at radius 1 is 1.23 bits per heavy atom. The monoisotopic (exact) mass is 433 g/mol.